The first-order chi connectivity index (χ1) is 6.76. The average molecular weight is 216 g/mol. The van der Waals surface area contributed by atoms with E-state index >= 15 is 0 Å². The fraction of sp³-hybridized carbons (Fsp3) is 1.00. The highest BCUT2D eigenvalue weighted by atomic mass is 32.2. The largest absolute Gasteiger partial charge is 0.316 e. The second-order valence-corrected chi connectivity index (χ2v) is 6.13. The van der Waals surface area contributed by atoms with Crippen LogP contribution in [0, 0.1) is 5.41 Å². The summed E-state index contributed by atoms with van der Waals surface area (Å²) < 4.78 is 14.0. The summed E-state index contributed by atoms with van der Waals surface area (Å²) in [5.74, 6) is 0.837. The van der Waals surface area contributed by atoms with Gasteiger partial charge >= 0.3 is 0 Å². The molecular weight excluding hydrogens is 196 g/mol. The first-order valence-corrected chi connectivity index (χ1v) is 6.87. The second kappa shape index (κ2) is 4.29. The summed E-state index contributed by atoms with van der Waals surface area (Å²) in [5.41, 5.74) is 0.462. The number of rotatable bonds is 3. The summed E-state index contributed by atoms with van der Waals surface area (Å²) in [6, 6.07) is 0. The van der Waals surface area contributed by atoms with Crippen molar-refractivity contribution in [2.45, 2.75) is 26.2 Å². The van der Waals surface area contributed by atoms with Crippen LogP contribution in [-0.2, 0) is 11.0 Å². The summed E-state index contributed by atoms with van der Waals surface area (Å²) >= 11 is 0. The Morgan fingerprint density at radius 2 is 2.36 bits per heavy atom. The number of hydrogen-bond acceptors (Lipinski definition) is 2. The van der Waals surface area contributed by atoms with E-state index in [4.69, 9.17) is 0 Å². The van der Waals surface area contributed by atoms with Crippen molar-refractivity contribution in [3.63, 3.8) is 0 Å². The lowest BCUT2D eigenvalue weighted by atomic mass is 9.87. The minimum atomic E-state index is -0.712. The fourth-order valence-electron chi connectivity index (χ4n) is 2.52. The predicted octanol–water partition coefficient (Wildman–Crippen LogP) is 0.746. The van der Waals surface area contributed by atoms with Crippen LogP contribution in [0.15, 0.2) is 0 Å². The molecule has 1 N–H and O–H groups in total. The maximum atomic E-state index is 11.8. The van der Waals surface area contributed by atoms with Crippen molar-refractivity contribution in [2.24, 2.45) is 5.41 Å². The fourth-order valence-corrected chi connectivity index (χ4v) is 3.84. The summed E-state index contributed by atoms with van der Waals surface area (Å²) in [5, 5.41) is 3.42. The van der Waals surface area contributed by atoms with Crippen LogP contribution in [0.3, 0.4) is 0 Å². The third kappa shape index (κ3) is 2.02. The van der Waals surface area contributed by atoms with E-state index in [0.29, 0.717) is 5.41 Å². The van der Waals surface area contributed by atoms with Gasteiger partial charge in [0.15, 0.2) is 0 Å². The monoisotopic (exact) mass is 216 g/mol. The Hall–Kier alpha value is 0.0700. The quantitative estimate of drug-likeness (QED) is 0.755. The van der Waals surface area contributed by atoms with Gasteiger partial charge in [-0.2, -0.15) is 0 Å². The van der Waals surface area contributed by atoms with Gasteiger partial charge in [0.1, 0.15) is 0 Å². The van der Waals surface area contributed by atoms with E-state index < -0.39 is 11.0 Å². The third-order valence-electron chi connectivity index (χ3n) is 3.40. The van der Waals surface area contributed by atoms with Crippen LogP contribution in [0.2, 0.25) is 0 Å². The third-order valence-corrected chi connectivity index (χ3v) is 5.05. The number of hydrogen-bond donors (Lipinski definition) is 1. The van der Waals surface area contributed by atoms with Crippen molar-refractivity contribution in [3.8, 4) is 0 Å². The Bertz CT molecular complexity index is 226. The molecule has 2 heterocycles. The molecule has 0 aromatic rings. The minimum Gasteiger partial charge on any atom is -0.316 e. The van der Waals surface area contributed by atoms with Crippen LogP contribution in [0.1, 0.15) is 26.2 Å². The Kier molecular flexibility index (Phi) is 3.24. The van der Waals surface area contributed by atoms with Crippen LogP contribution in [-0.4, -0.2) is 40.4 Å². The molecule has 2 rings (SSSR count). The van der Waals surface area contributed by atoms with E-state index in [2.05, 4.69) is 16.5 Å². The molecule has 0 aliphatic carbocycles. The molecule has 14 heavy (non-hydrogen) atoms. The molecule has 2 aliphatic heterocycles. The molecule has 2 unspecified atom stereocenters. The highest BCUT2D eigenvalue weighted by Gasteiger charge is 2.41. The first-order valence-electron chi connectivity index (χ1n) is 5.60. The van der Waals surface area contributed by atoms with Crippen LogP contribution in [0.4, 0.5) is 0 Å². The van der Waals surface area contributed by atoms with Gasteiger partial charge in [-0.15, -0.1) is 0 Å². The van der Waals surface area contributed by atoms with Crippen molar-refractivity contribution < 1.29 is 4.21 Å². The van der Waals surface area contributed by atoms with Gasteiger partial charge in [-0.3, -0.25) is 0 Å². The molecule has 2 fully saturated rings. The van der Waals surface area contributed by atoms with E-state index in [9.17, 15) is 4.21 Å². The molecule has 0 saturated carbocycles. The molecule has 1 spiro atoms. The van der Waals surface area contributed by atoms with Gasteiger partial charge in [0.25, 0.3) is 0 Å². The molecule has 2 atom stereocenters. The molecule has 82 valence electrons. The van der Waals surface area contributed by atoms with E-state index in [1.54, 1.807) is 0 Å². The molecule has 4 heteroatoms. The zero-order chi connectivity index (χ0) is 10.0. The van der Waals surface area contributed by atoms with Crippen molar-refractivity contribution in [1.82, 2.24) is 9.62 Å². The molecule has 2 aliphatic rings. The molecule has 3 nitrogen and oxygen atoms in total. The Morgan fingerprint density at radius 1 is 1.50 bits per heavy atom. The van der Waals surface area contributed by atoms with Gasteiger partial charge in [-0.1, -0.05) is 6.92 Å². The highest BCUT2D eigenvalue weighted by molar-refractivity contribution is 7.82. The molecule has 0 bridgehead atoms. The van der Waals surface area contributed by atoms with Gasteiger partial charge in [0.2, 0.25) is 0 Å². The van der Waals surface area contributed by atoms with Crippen LogP contribution >= 0.6 is 0 Å². The second-order valence-electron chi connectivity index (χ2n) is 4.57. The summed E-state index contributed by atoms with van der Waals surface area (Å²) in [7, 11) is -0.712. The standard InChI is InChI=1S/C10H20N2OS/c1-2-7-14(13)12-6-4-10(9-12)3-5-11-8-10/h11H,2-9H2,1H3. The Balaban J connectivity index is 1.90. The van der Waals surface area contributed by atoms with Crippen molar-refractivity contribution >= 4 is 11.0 Å². The SMILES string of the molecule is CCCS(=O)N1CCC2(CCNC2)C1. The highest BCUT2D eigenvalue weighted by Crippen LogP contribution is 2.36. The molecular formula is C10H20N2OS. The summed E-state index contributed by atoms with van der Waals surface area (Å²) in [4.78, 5) is 0. The van der Waals surface area contributed by atoms with Gasteiger partial charge in [0.05, 0.1) is 11.0 Å². The van der Waals surface area contributed by atoms with Crippen LogP contribution in [0.25, 0.3) is 0 Å². The van der Waals surface area contributed by atoms with Crippen molar-refractivity contribution in [3.05, 3.63) is 0 Å². The van der Waals surface area contributed by atoms with Gasteiger partial charge in [-0.25, -0.2) is 8.51 Å². The molecule has 0 amide bonds. The Labute approximate surface area is 88.8 Å². The zero-order valence-corrected chi connectivity index (χ0v) is 9.74. The first kappa shape index (κ1) is 10.6. The lowest BCUT2D eigenvalue weighted by molar-refractivity contribution is 0.343. The maximum Gasteiger partial charge on any atom is 0.0942 e. The van der Waals surface area contributed by atoms with E-state index in [0.717, 1.165) is 38.4 Å². The van der Waals surface area contributed by atoms with Crippen molar-refractivity contribution in [1.29, 1.82) is 0 Å². The predicted molar refractivity (Wildman–Crippen MR) is 59.4 cm³/mol. The Morgan fingerprint density at radius 3 is 3.00 bits per heavy atom. The van der Waals surface area contributed by atoms with Gasteiger partial charge < -0.3 is 5.32 Å². The molecule has 2 saturated heterocycles. The normalized spacial score (nSPS) is 35.5. The molecule has 0 aromatic heterocycles. The molecule has 0 aromatic carbocycles. The zero-order valence-electron chi connectivity index (χ0n) is 8.92. The lowest BCUT2D eigenvalue weighted by Crippen LogP contribution is -2.31. The van der Waals surface area contributed by atoms with Gasteiger partial charge in [-0.05, 0) is 31.2 Å². The van der Waals surface area contributed by atoms with Crippen LogP contribution < -0.4 is 5.32 Å². The lowest BCUT2D eigenvalue weighted by Gasteiger charge is -2.21. The van der Waals surface area contributed by atoms with E-state index in [1.165, 1.54) is 12.8 Å². The number of nitrogens with zero attached hydrogens (tertiary/aromatic N) is 1. The average Bonchev–Trinajstić information content (AvgIpc) is 2.78. The maximum absolute atomic E-state index is 11.8. The van der Waals surface area contributed by atoms with Gasteiger partial charge in [0, 0.05) is 25.4 Å². The summed E-state index contributed by atoms with van der Waals surface area (Å²) in [6.07, 6.45) is 3.52. The molecule has 0 radical (unpaired) electrons. The number of nitrogens with one attached hydrogen (secondary N) is 1. The minimum absolute atomic E-state index is 0.462. The summed E-state index contributed by atoms with van der Waals surface area (Å²) in [6.45, 7) is 6.46. The van der Waals surface area contributed by atoms with E-state index in [-0.39, 0.29) is 0 Å². The van der Waals surface area contributed by atoms with E-state index in [1.807, 2.05) is 0 Å². The van der Waals surface area contributed by atoms with Crippen LogP contribution in [0.5, 0.6) is 0 Å². The van der Waals surface area contributed by atoms with Crippen molar-refractivity contribution in [2.75, 3.05) is 31.9 Å². The topological polar surface area (TPSA) is 32.3 Å². The smallest absolute Gasteiger partial charge is 0.0942 e.